The molecule has 4 aromatic rings. The molecule has 172 valence electrons. The van der Waals surface area contributed by atoms with Crippen molar-refractivity contribution in [3.8, 4) is 11.7 Å². The Bertz CT molecular complexity index is 1340. The molecular formula is C26H24ClN5O2. The number of ether oxygens (including phenoxy) is 1. The first-order valence-electron chi connectivity index (χ1n) is 11.1. The zero-order valence-corrected chi connectivity index (χ0v) is 19.9. The molecule has 2 aromatic carbocycles. The Hall–Kier alpha value is -3.71. The van der Waals surface area contributed by atoms with Gasteiger partial charge in [-0.15, -0.1) is 0 Å². The molecule has 1 aliphatic rings. The Balaban J connectivity index is 1.42. The van der Waals surface area contributed by atoms with Crippen LogP contribution in [0.15, 0.2) is 54.6 Å². The Morgan fingerprint density at radius 2 is 1.71 bits per heavy atom. The first-order chi connectivity index (χ1) is 16.4. The van der Waals surface area contributed by atoms with E-state index < -0.39 is 0 Å². The predicted octanol–water partition coefficient (Wildman–Crippen LogP) is 5.29. The number of carbonyl (C=O) groups excluding carboxylic acids is 1. The van der Waals surface area contributed by atoms with Gasteiger partial charge < -0.3 is 10.1 Å². The lowest BCUT2D eigenvalue weighted by Gasteiger charge is -2.24. The van der Waals surface area contributed by atoms with Crippen molar-refractivity contribution >= 4 is 23.3 Å². The van der Waals surface area contributed by atoms with Gasteiger partial charge in [0, 0.05) is 34.3 Å². The standard InChI is InChI=1S/C26H24ClN5O2/c1-15-12-16(2)29-26(28-15)32-25-24(17(3)31-32)22(13-23(33)30-25)19-6-10-21(11-7-19)34-14-18-4-8-20(27)9-5-18/h4-12,22H,13-14H2,1-3H3,(H,30,33)/t22-/m0/s1. The summed E-state index contributed by atoms with van der Waals surface area (Å²) in [5.74, 6) is 1.66. The lowest BCUT2D eigenvalue weighted by Crippen LogP contribution is -2.25. The fraction of sp³-hybridized carbons (Fsp3) is 0.231. The van der Waals surface area contributed by atoms with Crippen molar-refractivity contribution in [1.29, 1.82) is 0 Å². The number of halogens is 1. The van der Waals surface area contributed by atoms with Gasteiger partial charge in [-0.3, -0.25) is 4.79 Å². The highest BCUT2D eigenvalue weighted by molar-refractivity contribution is 6.30. The van der Waals surface area contributed by atoms with E-state index in [1.807, 2.05) is 75.4 Å². The van der Waals surface area contributed by atoms with Gasteiger partial charge in [0.25, 0.3) is 5.95 Å². The number of amides is 1. The maximum absolute atomic E-state index is 12.7. The van der Waals surface area contributed by atoms with Gasteiger partial charge in [0.05, 0.1) is 5.69 Å². The summed E-state index contributed by atoms with van der Waals surface area (Å²) >= 11 is 5.95. The SMILES string of the molecule is Cc1cc(C)nc(-n2nc(C)c3c2NC(=O)C[C@H]3c2ccc(OCc3ccc(Cl)cc3)cc2)n1. The van der Waals surface area contributed by atoms with Crippen LogP contribution < -0.4 is 10.1 Å². The molecule has 5 rings (SSSR count). The van der Waals surface area contributed by atoms with Crippen molar-refractivity contribution in [2.75, 3.05) is 5.32 Å². The average Bonchev–Trinajstić information content (AvgIpc) is 3.14. The van der Waals surface area contributed by atoms with E-state index in [9.17, 15) is 4.79 Å². The summed E-state index contributed by atoms with van der Waals surface area (Å²) in [7, 11) is 0. The summed E-state index contributed by atoms with van der Waals surface area (Å²) in [4.78, 5) is 21.7. The molecule has 8 heteroatoms. The second-order valence-corrected chi connectivity index (χ2v) is 8.94. The smallest absolute Gasteiger partial charge is 0.252 e. The minimum absolute atomic E-state index is 0.0638. The first-order valence-corrected chi connectivity index (χ1v) is 11.4. The number of benzene rings is 2. The highest BCUT2D eigenvalue weighted by atomic mass is 35.5. The van der Waals surface area contributed by atoms with Gasteiger partial charge in [0.1, 0.15) is 18.2 Å². The topological polar surface area (TPSA) is 81.9 Å². The Morgan fingerprint density at radius 3 is 2.38 bits per heavy atom. The monoisotopic (exact) mass is 473 g/mol. The lowest BCUT2D eigenvalue weighted by molar-refractivity contribution is -0.116. The zero-order chi connectivity index (χ0) is 23.8. The highest BCUT2D eigenvalue weighted by Crippen LogP contribution is 2.40. The molecule has 7 nitrogen and oxygen atoms in total. The van der Waals surface area contributed by atoms with E-state index in [4.69, 9.17) is 16.3 Å². The van der Waals surface area contributed by atoms with Crippen LogP contribution in [0.2, 0.25) is 5.02 Å². The molecule has 0 radical (unpaired) electrons. The van der Waals surface area contributed by atoms with Crippen LogP contribution >= 0.6 is 11.6 Å². The number of rotatable bonds is 5. The number of hydrogen-bond acceptors (Lipinski definition) is 5. The van der Waals surface area contributed by atoms with Crippen molar-refractivity contribution < 1.29 is 9.53 Å². The summed E-state index contributed by atoms with van der Waals surface area (Å²) in [6, 6.07) is 17.4. The van der Waals surface area contributed by atoms with Gasteiger partial charge in [-0.1, -0.05) is 35.9 Å². The van der Waals surface area contributed by atoms with Crippen LogP contribution in [-0.2, 0) is 11.4 Å². The van der Waals surface area contributed by atoms with Gasteiger partial charge in [-0.25, -0.2) is 9.97 Å². The second-order valence-electron chi connectivity index (χ2n) is 8.50. The van der Waals surface area contributed by atoms with Crippen LogP contribution in [0.4, 0.5) is 5.82 Å². The third-order valence-electron chi connectivity index (χ3n) is 5.86. The quantitative estimate of drug-likeness (QED) is 0.425. The number of anilines is 1. The number of fused-ring (bicyclic) bond motifs is 1. The lowest BCUT2D eigenvalue weighted by atomic mass is 9.86. The third kappa shape index (κ3) is 4.39. The summed E-state index contributed by atoms with van der Waals surface area (Å²) in [5, 5.41) is 8.37. The van der Waals surface area contributed by atoms with E-state index in [1.54, 1.807) is 4.68 Å². The molecule has 1 N–H and O–H groups in total. The van der Waals surface area contributed by atoms with Crippen LogP contribution in [0.3, 0.4) is 0 Å². The molecule has 0 fully saturated rings. The minimum Gasteiger partial charge on any atom is -0.489 e. The largest absolute Gasteiger partial charge is 0.489 e. The first kappa shape index (κ1) is 22.1. The zero-order valence-electron chi connectivity index (χ0n) is 19.2. The summed E-state index contributed by atoms with van der Waals surface area (Å²) in [6.07, 6.45) is 0.345. The van der Waals surface area contributed by atoms with Crippen LogP contribution in [0.5, 0.6) is 5.75 Å². The maximum atomic E-state index is 12.7. The van der Waals surface area contributed by atoms with Gasteiger partial charge in [-0.2, -0.15) is 9.78 Å². The van der Waals surface area contributed by atoms with E-state index in [0.717, 1.165) is 39.5 Å². The van der Waals surface area contributed by atoms with Gasteiger partial charge in [-0.05, 0) is 62.2 Å². The van der Waals surface area contributed by atoms with Gasteiger partial charge >= 0.3 is 0 Å². The molecule has 1 amide bonds. The van der Waals surface area contributed by atoms with Crippen LogP contribution in [0.1, 0.15) is 46.1 Å². The number of nitrogens with one attached hydrogen (secondary N) is 1. The number of aryl methyl sites for hydroxylation is 3. The molecule has 34 heavy (non-hydrogen) atoms. The molecule has 0 bridgehead atoms. The van der Waals surface area contributed by atoms with Crippen molar-refractivity contribution in [2.45, 2.75) is 39.7 Å². The van der Waals surface area contributed by atoms with Gasteiger partial charge in [0.15, 0.2) is 0 Å². The maximum Gasteiger partial charge on any atom is 0.252 e. The van der Waals surface area contributed by atoms with Crippen LogP contribution in [0.25, 0.3) is 5.95 Å². The Kier molecular flexibility index (Phi) is 5.79. The third-order valence-corrected chi connectivity index (χ3v) is 6.12. The Labute approximate surface area is 202 Å². The summed E-state index contributed by atoms with van der Waals surface area (Å²) < 4.78 is 7.55. The van der Waals surface area contributed by atoms with E-state index >= 15 is 0 Å². The predicted molar refractivity (Wildman–Crippen MR) is 131 cm³/mol. The normalized spacial score (nSPS) is 15.1. The number of hydrogen-bond donors (Lipinski definition) is 1. The van der Waals surface area contributed by atoms with Crippen molar-refractivity contribution in [2.24, 2.45) is 0 Å². The Morgan fingerprint density at radius 1 is 1.03 bits per heavy atom. The van der Waals surface area contributed by atoms with Crippen LogP contribution in [0, 0.1) is 20.8 Å². The molecule has 2 aromatic heterocycles. The minimum atomic E-state index is -0.117. The van der Waals surface area contributed by atoms with Crippen molar-refractivity contribution in [3.63, 3.8) is 0 Å². The second kappa shape index (κ2) is 8.91. The molecular weight excluding hydrogens is 450 g/mol. The number of carbonyl (C=O) groups is 1. The average molecular weight is 474 g/mol. The van der Waals surface area contributed by atoms with E-state index in [1.165, 1.54) is 0 Å². The summed E-state index contributed by atoms with van der Waals surface area (Å²) in [6.45, 7) is 6.23. The fourth-order valence-electron chi connectivity index (χ4n) is 4.32. The van der Waals surface area contributed by atoms with Gasteiger partial charge in [0.2, 0.25) is 5.91 Å². The molecule has 1 aliphatic heterocycles. The molecule has 3 heterocycles. The van der Waals surface area contributed by atoms with Crippen LogP contribution in [-0.4, -0.2) is 25.7 Å². The van der Waals surface area contributed by atoms with Crippen molar-refractivity contribution in [1.82, 2.24) is 19.7 Å². The van der Waals surface area contributed by atoms with Crippen molar-refractivity contribution in [3.05, 3.63) is 93.4 Å². The molecule has 0 saturated carbocycles. The fourth-order valence-corrected chi connectivity index (χ4v) is 4.45. The highest BCUT2D eigenvalue weighted by Gasteiger charge is 2.33. The summed E-state index contributed by atoms with van der Waals surface area (Å²) in [5.41, 5.74) is 5.58. The molecule has 0 spiro atoms. The number of aromatic nitrogens is 4. The van der Waals surface area contributed by atoms with E-state index in [0.29, 0.717) is 29.8 Å². The van der Waals surface area contributed by atoms with E-state index in [-0.39, 0.29) is 11.8 Å². The number of nitrogens with zero attached hydrogens (tertiary/aromatic N) is 4. The molecule has 0 saturated heterocycles. The van der Waals surface area contributed by atoms with E-state index in [2.05, 4.69) is 20.4 Å². The molecule has 1 atom stereocenters. The molecule has 0 aliphatic carbocycles. The molecule has 0 unspecified atom stereocenters.